The Morgan fingerprint density at radius 3 is 1.86 bits per heavy atom. The van der Waals surface area contributed by atoms with Gasteiger partial charge in [0, 0.05) is 5.57 Å². The van der Waals surface area contributed by atoms with Crippen LogP contribution in [0.5, 0.6) is 0 Å². The van der Waals surface area contributed by atoms with Crippen molar-refractivity contribution < 1.29 is 9.90 Å². The van der Waals surface area contributed by atoms with E-state index >= 15 is 0 Å². The maximum Gasteiger partial charge on any atom is 0.330 e. The van der Waals surface area contributed by atoms with E-state index < -0.39 is 5.97 Å². The molecule has 2 nitrogen and oxygen atoms in total. The molecule has 0 unspecified atom stereocenters. The van der Waals surface area contributed by atoms with Crippen molar-refractivity contribution in [3.8, 4) is 0 Å². The van der Waals surface area contributed by atoms with Gasteiger partial charge < -0.3 is 5.11 Å². The molecule has 1 N–H and O–H groups in total. The molecule has 3 heteroatoms. The second kappa shape index (κ2) is 8.51. The van der Waals surface area contributed by atoms with Crippen LogP contribution in [0.25, 0.3) is 0 Å². The molecule has 2 aromatic carbocycles. The first-order valence-corrected chi connectivity index (χ1v) is 9.00. The van der Waals surface area contributed by atoms with Crippen LogP contribution in [0.3, 0.4) is 0 Å². The number of aliphatic carboxylic acids is 1. The van der Waals surface area contributed by atoms with Gasteiger partial charge in [-0.15, -0.1) is 0 Å². The quantitative estimate of drug-likeness (QED) is 0.455. The SMILES string of the molecule is C=C(CCCCP(c1ccccc1)c1ccccc1)C(=O)O. The zero-order valence-corrected chi connectivity index (χ0v) is 13.5. The van der Waals surface area contributed by atoms with Gasteiger partial charge >= 0.3 is 5.97 Å². The Balaban J connectivity index is 2.01. The van der Waals surface area contributed by atoms with Crippen LogP contribution in [-0.2, 0) is 4.79 Å². The summed E-state index contributed by atoms with van der Waals surface area (Å²) in [6, 6.07) is 21.2. The maximum absolute atomic E-state index is 10.8. The molecule has 0 aromatic heterocycles. The fourth-order valence-corrected chi connectivity index (χ4v) is 4.76. The lowest BCUT2D eigenvalue weighted by molar-refractivity contribution is -0.132. The van der Waals surface area contributed by atoms with E-state index in [1.165, 1.54) is 10.6 Å². The fraction of sp³-hybridized carbons (Fsp3) is 0.211. The Bertz CT molecular complexity index is 568. The van der Waals surface area contributed by atoms with Gasteiger partial charge in [-0.1, -0.05) is 67.2 Å². The summed E-state index contributed by atoms with van der Waals surface area (Å²) in [7, 11) is -0.374. The van der Waals surface area contributed by atoms with Crippen molar-refractivity contribution in [1.29, 1.82) is 0 Å². The monoisotopic (exact) mass is 312 g/mol. The van der Waals surface area contributed by atoms with Gasteiger partial charge in [0.05, 0.1) is 0 Å². The Kier molecular flexibility index (Phi) is 6.36. The smallest absolute Gasteiger partial charge is 0.330 e. The van der Waals surface area contributed by atoms with Crippen LogP contribution in [0.4, 0.5) is 0 Å². The van der Waals surface area contributed by atoms with Crippen molar-refractivity contribution in [3.05, 3.63) is 72.8 Å². The fourth-order valence-electron chi connectivity index (χ4n) is 2.34. The highest BCUT2D eigenvalue weighted by atomic mass is 31.1. The number of benzene rings is 2. The van der Waals surface area contributed by atoms with Crippen LogP contribution in [0, 0.1) is 0 Å². The number of carbonyl (C=O) groups is 1. The highest BCUT2D eigenvalue weighted by molar-refractivity contribution is 7.73. The van der Waals surface area contributed by atoms with E-state index in [2.05, 4.69) is 55.1 Å². The summed E-state index contributed by atoms with van der Waals surface area (Å²) in [6.07, 6.45) is 3.55. The third kappa shape index (κ3) is 4.82. The summed E-state index contributed by atoms with van der Waals surface area (Å²) in [5.74, 6) is -0.881. The molecule has 0 saturated carbocycles. The number of hydrogen-bond donors (Lipinski definition) is 1. The predicted molar refractivity (Wildman–Crippen MR) is 94.6 cm³/mol. The average molecular weight is 312 g/mol. The van der Waals surface area contributed by atoms with Gasteiger partial charge in [-0.05, 0) is 44.0 Å². The highest BCUT2D eigenvalue weighted by Gasteiger charge is 2.13. The molecule has 2 rings (SSSR count). The van der Waals surface area contributed by atoms with E-state index in [9.17, 15) is 4.79 Å². The first-order chi connectivity index (χ1) is 10.7. The molecule has 2 aromatic rings. The van der Waals surface area contributed by atoms with Crippen LogP contribution in [0.2, 0.25) is 0 Å². The van der Waals surface area contributed by atoms with Crippen molar-refractivity contribution in [2.45, 2.75) is 19.3 Å². The van der Waals surface area contributed by atoms with Crippen molar-refractivity contribution in [2.24, 2.45) is 0 Å². The topological polar surface area (TPSA) is 37.3 Å². The number of hydrogen-bond acceptors (Lipinski definition) is 1. The Morgan fingerprint density at radius 2 is 1.41 bits per heavy atom. The Hall–Kier alpha value is -1.92. The van der Waals surface area contributed by atoms with Gasteiger partial charge in [-0.2, -0.15) is 0 Å². The Morgan fingerprint density at radius 1 is 0.909 bits per heavy atom. The first kappa shape index (κ1) is 16.5. The minimum absolute atomic E-state index is 0.309. The molecule has 0 spiro atoms. The second-order valence-corrected chi connectivity index (χ2v) is 7.52. The van der Waals surface area contributed by atoms with Gasteiger partial charge in [0.1, 0.15) is 0 Å². The average Bonchev–Trinajstić information content (AvgIpc) is 2.56. The van der Waals surface area contributed by atoms with Crippen LogP contribution >= 0.6 is 7.92 Å². The molecule has 22 heavy (non-hydrogen) atoms. The highest BCUT2D eigenvalue weighted by Crippen LogP contribution is 2.34. The van der Waals surface area contributed by atoms with E-state index in [-0.39, 0.29) is 7.92 Å². The van der Waals surface area contributed by atoms with E-state index in [1.54, 1.807) is 0 Å². The van der Waals surface area contributed by atoms with Crippen molar-refractivity contribution >= 4 is 24.5 Å². The van der Waals surface area contributed by atoms with Crippen LogP contribution < -0.4 is 10.6 Å². The largest absolute Gasteiger partial charge is 0.478 e. The summed E-state index contributed by atoms with van der Waals surface area (Å²) in [5, 5.41) is 11.6. The van der Waals surface area contributed by atoms with E-state index in [0.717, 1.165) is 19.0 Å². The van der Waals surface area contributed by atoms with Crippen molar-refractivity contribution in [2.75, 3.05) is 6.16 Å². The summed E-state index contributed by atoms with van der Waals surface area (Å²) in [5.41, 5.74) is 0.309. The number of rotatable bonds is 8. The number of carboxylic acids is 1. The molecule has 0 aliphatic carbocycles. The van der Waals surface area contributed by atoms with Gasteiger partial charge in [0.15, 0.2) is 0 Å². The standard InChI is InChI=1S/C19H21O2P/c1-16(19(20)21)10-8-9-15-22(17-11-4-2-5-12-17)18-13-6-3-7-14-18/h2-7,11-14H,1,8-10,15H2,(H,20,21). The Labute approximate surface area is 133 Å². The van der Waals surface area contributed by atoms with E-state index in [4.69, 9.17) is 5.11 Å². The minimum Gasteiger partial charge on any atom is -0.478 e. The molecular formula is C19H21O2P. The van der Waals surface area contributed by atoms with Crippen LogP contribution in [0.15, 0.2) is 72.8 Å². The number of carboxylic acid groups (broad SMARTS) is 1. The molecule has 0 fully saturated rings. The molecule has 0 bridgehead atoms. The van der Waals surface area contributed by atoms with Crippen LogP contribution in [-0.4, -0.2) is 17.2 Å². The lowest BCUT2D eigenvalue weighted by atomic mass is 10.1. The first-order valence-electron chi connectivity index (χ1n) is 7.47. The normalized spacial score (nSPS) is 10.6. The van der Waals surface area contributed by atoms with Gasteiger partial charge in [-0.25, -0.2) is 4.79 Å². The summed E-state index contributed by atoms with van der Waals surface area (Å²) in [6.45, 7) is 3.59. The summed E-state index contributed by atoms with van der Waals surface area (Å²) >= 11 is 0. The molecule has 0 amide bonds. The third-order valence-electron chi connectivity index (χ3n) is 3.55. The van der Waals surface area contributed by atoms with Gasteiger partial charge in [-0.3, -0.25) is 0 Å². The zero-order chi connectivity index (χ0) is 15.8. The molecule has 0 heterocycles. The summed E-state index contributed by atoms with van der Waals surface area (Å²) < 4.78 is 0. The van der Waals surface area contributed by atoms with E-state index in [1.807, 2.05) is 12.1 Å². The molecule has 0 aliphatic heterocycles. The third-order valence-corrected chi connectivity index (χ3v) is 6.15. The number of unbranched alkanes of at least 4 members (excludes halogenated alkanes) is 1. The lowest BCUT2D eigenvalue weighted by Crippen LogP contribution is -2.13. The van der Waals surface area contributed by atoms with E-state index in [0.29, 0.717) is 12.0 Å². The predicted octanol–water partition coefficient (Wildman–Crippen LogP) is 3.93. The molecule has 0 saturated heterocycles. The molecular weight excluding hydrogens is 291 g/mol. The zero-order valence-electron chi connectivity index (χ0n) is 12.6. The summed E-state index contributed by atoms with van der Waals surface area (Å²) in [4.78, 5) is 10.8. The molecule has 0 atom stereocenters. The minimum atomic E-state index is -0.881. The molecule has 0 radical (unpaired) electrons. The van der Waals surface area contributed by atoms with Gasteiger partial charge in [0.25, 0.3) is 0 Å². The van der Waals surface area contributed by atoms with Gasteiger partial charge in [0.2, 0.25) is 0 Å². The maximum atomic E-state index is 10.8. The van der Waals surface area contributed by atoms with Crippen LogP contribution in [0.1, 0.15) is 19.3 Å². The molecule has 0 aliphatic rings. The van der Waals surface area contributed by atoms with Crippen molar-refractivity contribution in [1.82, 2.24) is 0 Å². The molecule has 114 valence electrons. The lowest BCUT2D eigenvalue weighted by Gasteiger charge is -2.18. The van der Waals surface area contributed by atoms with Crippen molar-refractivity contribution in [3.63, 3.8) is 0 Å². The second-order valence-electron chi connectivity index (χ2n) is 5.19.